The number of carbonyl (C=O) groups is 1. The Balaban J connectivity index is 1.30. The summed E-state index contributed by atoms with van der Waals surface area (Å²) in [6.07, 6.45) is 4.46. The molecule has 2 aliphatic heterocycles. The van der Waals surface area contributed by atoms with Crippen LogP contribution in [0, 0.1) is 5.92 Å². The third-order valence-electron chi connectivity index (χ3n) is 9.93. The van der Waals surface area contributed by atoms with Crippen LogP contribution in [0.1, 0.15) is 47.8 Å². The van der Waals surface area contributed by atoms with E-state index < -0.39 is 17.0 Å². The van der Waals surface area contributed by atoms with Crippen molar-refractivity contribution in [2.24, 2.45) is 5.92 Å². The smallest absolute Gasteiger partial charge is 0.336 e. The minimum Gasteiger partial charge on any atom is -0.485 e. The molecular formula is C31H32N2O5. The van der Waals surface area contributed by atoms with Crippen molar-refractivity contribution in [2.75, 3.05) is 26.8 Å². The maximum Gasteiger partial charge on any atom is 0.336 e. The number of piperidine rings is 1. The van der Waals surface area contributed by atoms with E-state index in [4.69, 9.17) is 14.2 Å². The van der Waals surface area contributed by atoms with Crippen LogP contribution >= 0.6 is 0 Å². The predicted molar refractivity (Wildman–Crippen MR) is 141 cm³/mol. The van der Waals surface area contributed by atoms with Crippen molar-refractivity contribution in [2.45, 2.75) is 55.3 Å². The lowest BCUT2D eigenvalue weighted by Crippen LogP contribution is -2.74. The number of esters is 1. The molecule has 5 aliphatic rings. The van der Waals surface area contributed by atoms with E-state index >= 15 is 0 Å². The summed E-state index contributed by atoms with van der Waals surface area (Å²) in [5.41, 5.74) is 4.36. The Kier molecular flexibility index (Phi) is 4.56. The fraction of sp³-hybridized carbons (Fsp3) is 0.452. The highest BCUT2D eigenvalue weighted by atomic mass is 16.5. The first kappa shape index (κ1) is 22.7. The second kappa shape index (κ2) is 7.64. The monoisotopic (exact) mass is 512 g/mol. The molecule has 196 valence electrons. The van der Waals surface area contributed by atoms with Crippen LogP contribution < -0.4 is 9.47 Å². The fourth-order valence-electron chi connectivity index (χ4n) is 8.05. The molecule has 38 heavy (non-hydrogen) atoms. The van der Waals surface area contributed by atoms with Crippen molar-refractivity contribution in [3.05, 3.63) is 70.9 Å². The number of nitrogens with zero attached hydrogens (tertiary/aromatic N) is 1. The van der Waals surface area contributed by atoms with E-state index in [-0.39, 0.29) is 24.3 Å². The van der Waals surface area contributed by atoms with Gasteiger partial charge in [0.25, 0.3) is 0 Å². The number of likely N-dealkylation sites (tertiary alicyclic amines) is 1. The summed E-state index contributed by atoms with van der Waals surface area (Å²) >= 11 is 0. The molecule has 2 aromatic carbocycles. The number of carbonyl (C=O) groups excluding carboxylic acids is 1. The largest absolute Gasteiger partial charge is 0.485 e. The molecule has 1 saturated carbocycles. The molecule has 2 bridgehead atoms. The number of ether oxygens (including phenoxy) is 3. The molecule has 7 nitrogen and oxygen atoms in total. The molecule has 2 N–H and O–H groups in total. The van der Waals surface area contributed by atoms with Gasteiger partial charge in [-0.2, -0.15) is 0 Å². The van der Waals surface area contributed by atoms with Gasteiger partial charge in [-0.3, -0.25) is 4.90 Å². The molecule has 8 rings (SSSR count). The second-order valence-electron chi connectivity index (χ2n) is 11.9. The van der Waals surface area contributed by atoms with E-state index in [9.17, 15) is 9.90 Å². The predicted octanol–water partition coefficient (Wildman–Crippen LogP) is 3.98. The molecule has 2 fully saturated rings. The first-order valence-corrected chi connectivity index (χ1v) is 13.7. The Hall–Kier alpha value is -3.29. The zero-order chi connectivity index (χ0) is 25.8. The highest BCUT2D eigenvalue weighted by Gasteiger charge is 2.72. The number of para-hydroxylation sites is 1. The van der Waals surface area contributed by atoms with Gasteiger partial charge in [-0.25, -0.2) is 4.79 Å². The minimum atomic E-state index is -0.963. The molecule has 3 aliphatic carbocycles. The van der Waals surface area contributed by atoms with Crippen LogP contribution in [-0.4, -0.2) is 59.4 Å². The topological polar surface area (TPSA) is 84.0 Å². The van der Waals surface area contributed by atoms with Crippen molar-refractivity contribution in [3.8, 4) is 11.5 Å². The van der Waals surface area contributed by atoms with Crippen LogP contribution in [0.15, 0.2) is 48.6 Å². The van der Waals surface area contributed by atoms with Crippen LogP contribution in [0.4, 0.5) is 0 Å². The van der Waals surface area contributed by atoms with Crippen LogP contribution in [0.25, 0.3) is 10.9 Å². The van der Waals surface area contributed by atoms with Gasteiger partial charge < -0.3 is 24.3 Å². The van der Waals surface area contributed by atoms with Crippen LogP contribution in [-0.2, 0) is 27.8 Å². The van der Waals surface area contributed by atoms with Crippen molar-refractivity contribution >= 4 is 16.9 Å². The van der Waals surface area contributed by atoms with E-state index in [1.165, 1.54) is 31.1 Å². The molecule has 1 saturated heterocycles. The number of aromatic nitrogens is 1. The number of aliphatic hydroxyl groups is 1. The van der Waals surface area contributed by atoms with Crippen molar-refractivity contribution in [3.63, 3.8) is 0 Å². The Morgan fingerprint density at radius 3 is 2.92 bits per heavy atom. The Morgan fingerprint density at radius 2 is 2.11 bits per heavy atom. The van der Waals surface area contributed by atoms with Gasteiger partial charge in [0.15, 0.2) is 17.6 Å². The Labute approximate surface area is 221 Å². The Bertz CT molecular complexity index is 1520. The van der Waals surface area contributed by atoms with Gasteiger partial charge in [-0.05, 0) is 61.4 Å². The lowest BCUT2D eigenvalue weighted by atomic mass is 9.49. The van der Waals surface area contributed by atoms with Gasteiger partial charge in [0.05, 0.1) is 29.4 Å². The summed E-state index contributed by atoms with van der Waals surface area (Å²) in [5.74, 6) is 1.54. The molecule has 4 atom stereocenters. The number of hydrogen-bond donors (Lipinski definition) is 2. The number of methoxy groups -OCH3 is 1. The Morgan fingerprint density at radius 1 is 1.26 bits per heavy atom. The molecular weight excluding hydrogens is 480 g/mol. The second-order valence-corrected chi connectivity index (χ2v) is 11.9. The van der Waals surface area contributed by atoms with E-state index in [2.05, 4.69) is 40.7 Å². The summed E-state index contributed by atoms with van der Waals surface area (Å²) in [7, 11) is 1.34. The molecule has 1 aromatic heterocycles. The number of benzene rings is 2. The van der Waals surface area contributed by atoms with Gasteiger partial charge in [-0.15, -0.1) is 0 Å². The fourth-order valence-corrected chi connectivity index (χ4v) is 8.05. The summed E-state index contributed by atoms with van der Waals surface area (Å²) < 4.78 is 17.8. The average Bonchev–Trinajstić information content (AvgIpc) is 3.56. The number of fused-ring (bicyclic) bond motifs is 4. The standard InChI is InChI=1S/C31H32N2O5/c1-17(29(34)36-2)16-37-23-10-9-19-13-24-31(35)14-21-20-5-3-4-6-22(20)32-26(21)28-30(31,25(19)27(23)38-28)11-12-33(24)15-18-7-8-18/h3-6,9-10,18,24,28,32,35H,1,7-8,11-16H2,2H3/t24-,28-,30-,31+/m0/s1. The molecule has 7 heteroatoms. The minimum absolute atomic E-state index is 0.0131. The zero-order valence-corrected chi connectivity index (χ0v) is 21.6. The maximum atomic E-state index is 13.0. The first-order valence-electron chi connectivity index (χ1n) is 13.7. The van der Waals surface area contributed by atoms with Gasteiger partial charge in [0, 0.05) is 35.5 Å². The third-order valence-corrected chi connectivity index (χ3v) is 9.93. The van der Waals surface area contributed by atoms with E-state index in [0.29, 0.717) is 17.9 Å². The SMILES string of the molecule is C=C(COc1ccc2c3c1O[C@H]1c4[nH]c5ccccc5c4C[C@@]4(O)[C@H](C2)N(CC2CC2)CC[C@]314)C(=O)OC. The highest BCUT2D eigenvalue weighted by molar-refractivity contribution is 5.88. The van der Waals surface area contributed by atoms with Crippen molar-refractivity contribution in [1.29, 1.82) is 0 Å². The molecule has 0 amide bonds. The quantitative estimate of drug-likeness (QED) is 0.384. The van der Waals surface area contributed by atoms with Gasteiger partial charge in [-0.1, -0.05) is 30.8 Å². The molecule has 3 heterocycles. The van der Waals surface area contributed by atoms with E-state index in [1.54, 1.807) is 0 Å². The molecule has 0 unspecified atom stereocenters. The third kappa shape index (κ3) is 2.78. The number of rotatable bonds is 6. The van der Waals surface area contributed by atoms with Crippen molar-refractivity contribution in [1.82, 2.24) is 9.88 Å². The molecule has 0 radical (unpaired) electrons. The van der Waals surface area contributed by atoms with Gasteiger partial charge in [0.1, 0.15) is 6.61 Å². The normalized spacial score (nSPS) is 30.4. The van der Waals surface area contributed by atoms with E-state index in [1.807, 2.05) is 12.1 Å². The average molecular weight is 513 g/mol. The van der Waals surface area contributed by atoms with Crippen LogP contribution in [0.2, 0.25) is 0 Å². The number of aromatic amines is 1. The lowest BCUT2D eigenvalue weighted by Gasteiger charge is -2.62. The maximum absolute atomic E-state index is 13.0. The van der Waals surface area contributed by atoms with Crippen LogP contribution in [0.3, 0.4) is 0 Å². The van der Waals surface area contributed by atoms with Crippen LogP contribution in [0.5, 0.6) is 11.5 Å². The van der Waals surface area contributed by atoms with Gasteiger partial charge in [0.2, 0.25) is 0 Å². The summed E-state index contributed by atoms with van der Waals surface area (Å²) in [6.45, 7) is 5.83. The lowest BCUT2D eigenvalue weighted by molar-refractivity contribution is -0.173. The number of H-pyrrole nitrogens is 1. The van der Waals surface area contributed by atoms with E-state index in [0.717, 1.165) is 54.0 Å². The molecule has 1 spiro atoms. The first-order chi connectivity index (χ1) is 18.4. The number of hydrogen-bond acceptors (Lipinski definition) is 6. The van der Waals surface area contributed by atoms with Crippen molar-refractivity contribution < 1.29 is 24.1 Å². The molecule has 3 aromatic rings. The summed E-state index contributed by atoms with van der Waals surface area (Å²) in [6, 6.07) is 12.5. The highest BCUT2D eigenvalue weighted by Crippen LogP contribution is 2.69. The zero-order valence-electron chi connectivity index (χ0n) is 21.6. The summed E-state index contributed by atoms with van der Waals surface area (Å²) in [5, 5.41) is 14.2. The van der Waals surface area contributed by atoms with Gasteiger partial charge >= 0.3 is 5.97 Å². The number of nitrogens with one attached hydrogen (secondary N) is 1. The summed E-state index contributed by atoms with van der Waals surface area (Å²) in [4.78, 5) is 18.2.